The maximum atomic E-state index is 13.1. The molecule has 3 heterocycles. The van der Waals surface area contributed by atoms with Gasteiger partial charge >= 0.3 is 5.97 Å². The molecule has 66 heavy (non-hydrogen) atoms. The number of ether oxygens (including phenoxy) is 6. The Morgan fingerprint density at radius 1 is 0.652 bits per heavy atom. The molecule has 4 saturated carbocycles. The van der Waals surface area contributed by atoms with Crippen LogP contribution in [0.25, 0.3) is 0 Å². The molecular weight excluding hydrogens is 865 g/mol. The predicted octanol–water partition coefficient (Wildman–Crippen LogP) is 0.705. The first-order valence-electron chi connectivity index (χ1n) is 24.3. The normalized spacial score (nSPS) is 54.5. The summed E-state index contributed by atoms with van der Waals surface area (Å²) < 4.78 is 36.0. The summed E-state index contributed by atoms with van der Waals surface area (Å²) >= 11 is 0. The zero-order chi connectivity index (χ0) is 48.4. The van der Waals surface area contributed by atoms with Crippen molar-refractivity contribution in [2.24, 2.45) is 50.2 Å². The molecule has 0 radical (unpaired) electrons. The zero-order valence-electron chi connectivity index (χ0n) is 39.7. The number of carbonyl (C=O) groups is 1. The fraction of sp³-hybridized carbons (Fsp3) is 0.938. The SMILES string of the molecule is C[C@@H]1O[C@@H](O[C@H]2[C@H](O[C@@H]3[C@@H](O)[C@H](O[C@H]4[C@@H](O)C[C@]5(C)[C@H]6CC=C7[C@@H]8CC(C)(C)CC[C@]8(C(=O)O)CC[C@@]7(C)[C@]6(C)CC[C@H]5C4(C)C)O[C@H](CO)[C@H]3O)O[C@H](CO)[C@H](O)[C@@H]2O)[C@H](O)[C@H](O)[C@H]1O. The highest BCUT2D eigenvalue weighted by Crippen LogP contribution is 2.76. The Kier molecular flexibility index (Phi) is 13.7. The van der Waals surface area contributed by atoms with Crippen molar-refractivity contribution < 1.29 is 89.4 Å². The van der Waals surface area contributed by atoms with Gasteiger partial charge in [-0.1, -0.05) is 60.1 Å². The summed E-state index contributed by atoms with van der Waals surface area (Å²) in [5.74, 6) is -0.539. The van der Waals surface area contributed by atoms with Crippen molar-refractivity contribution in [2.75, 3.05) is 13.2 Å². The maximum absolute atomic E-state index is 13.1. The second kappa shape index (κ2) is 17.7. The number of aliphatic hydroxyl groups is 10. The van der Waals surface area contributed by atoms with Gasteiger partial charge in [-0.05, 0) is 110 Å². The van der Waals surface area contributed by atoms with Gasteiger partial charge < -0.3 is 84.6 Å². The molecule has 24 atom stereocenters. The topological polar surface area (TPSA) is 295 Å². The second-order valence-electron chi connectivity index (χ2n) is 23.6. The predicted molar refractivity (Wildman–Crippen MR) is 231 cm³/mol. The Hall–Kier alpha value is -1.43. The van der Waals surface area contributed by atoms with Crippen molar-refractivity contribution in [3.05, 3.63) is 11.6 Å². The van der Waals surface area contributed by atoms with Gasteiger partial charge in [0.05, 0.1) is 36.9 Å². The van der Waals surface area contributed by atoms with E-state index in [1.165, 1.54) is 12.5 Å². The van der Waals surface area contributed by atoms with Crippen LogP contribution in [0.2, 0.25) is 0 Å². The van der Waals surface area contributed by atoms with Crippen LogP contribution in [0.1, 0.15) is 113 Å². The smallest absolute Gasteiger partial charge is 0.310 e. The molecule has 3 saturated heterocycles. The summed E-state index contributed by atoms with van der Waals surface area (Å²) in [5, 5.41) is 120. The minimum absolute atomic E-state index is 0.0222. The van der Waals surface area contributed by atoms with Crippen molar-refractivity contribution >= 4 is 5.97 Å². The van der Waals surface area contributed by atoms with E-state index in [0.29, 0.717) is 19.3 Å². The minimum atomic E-state index is -1.87. The van der Waals surface area contributed by atoms with Gasteiger partial charge in [-0.3, -0.25) is 4.79 Å². The van der Waals surface area contributed by atoms with E-state index < -0.39 is 134 Å². The Morgan fingerprint density at radius 3 is 1.91 bits per heavy atom. The van der Waals surface area contributed by atoms with Gasteiger partial charge in [0.2, 0.25) is 0 Å². The number of allylic oxidation sites excluding steroid dienone is 2. The van der Waals surface area contributed by atoms with Crippen LogP contribution in [-0.4, -0.2) is 180 Å². The zero-order valence-corrected chi connectivity index (χ0v) is 39.7. The lowest BCUT2D eigenvalue weighted by Crippen LogP contribution is -2.69. The highest BCUT2D eigenvalue weighted by Gasteiger charge is 2.71. The molecule has 0 bridgehead atoms. The molecule has 5 aliphatic carbocycles. The van der Waals surface area contributed by atoms with E-state index in [-0.39, 0.29) is 39.4 Å². The second-order valence-corrected chi connectivity index (χ2v) is 23.6. The third-order valence-electron chi connectivity index (χ3n) is 19.3. The van der Waals surface area contributed by atoms with Crippen molar-refractivity contribution in [3.8, 4) is 0 Å². The quantitative estimate of drug-likeness (QED) is 0.112. The van der Waals surface area contributed by atoms with Crippen molar-refractivity contribution in [3.63, 3.8) is 0 Å². The average molecular weight is 943 g/mol. The lowest BCUT2D eigenvalue weighted by molar-refractivity contribution is -0.393. The molecule has 378 valence electrons. The van der Waals surface area contributed by atoms with Gasteiger partial charge in [-0.2, -0.15) is 0 Å². The van der Waals surface area contributed by atoms with E-state index >= 15 is 0 Å². The Bertz CT molecular complexity index is 1810. The lowest BCUT2D eigenvalue weighted by atomic mass is 9.33. The van der Waals surface area contributed by atoms with Crippen molar-refractivity contribution in [2.45, 2.75) is 218 Å². The summed E-state index contributed by atoms with van der Waals surface area (Å²) in [6, 6.07) is 0. The van der Waals surface area contributed by atoms with Crippen LogP contribution in [-0.2, 0) is 33.2 Å². The van der Waals surface area contributed by atoms with Crippen LogP contribution >= 0.6 is 0 Å². The molecule has 0 aromatic rings. The fourth-order valence-electron chi connectivity index (χ4n) is 15.2. The van der Waals surface area contributed by atoms with E-state index in [4.69, 9.17) is 28.4 Å². The molecule has 18 heteroatoms. The minimum Gasteiger partial charge on any atom is -0.481 e. The summed E-state index contributed by atoms with van der Waals surface area (Å²) in [5.41, 5.74) is -0.931. The van der Waals surface area contributed by atoms with Crippen molar-refractivity contribution in [1.29, 1.82) is 0 Å². The largest absolute Gasteiger partial charge is 0.481 e. The standard InChI is InChI=1S/C48H78O18/c1-21-29(52)32(55)34(57)39(61-21)65-37-33(56)30(53)25(19-49)63-41(37)64-36-31(54)26(20-50)62-40(35(36)58)66-38-24(51)18-45(6)27(44(38,4)5)11-12-47(8)28(45)10-9-22-23-17-43(2,3)13-15-48(23,42(59)60)16-14-46(22,47)7/h9,21,23-41,49-58H,10-20H2,1-8H3,(H,59,60)/t21-,23-,24-,25+,26+,27-,28+,29-,30-,31+,32+,33-,34+,35+,36-,37+,38-,39-,40-,41-,45-,46+,47+,48-/m0/s1. The van der Waals surface area contributed by atoms with Gasteiger partial charge in [-0.25, -0.2) is 0 Å². The first-order chi connectivity index (χ1) is 30.7. The number of fused-ring (bicyclic) bond motifs is 7. The van der Waals surface area contributed by atoms with Gasteiger partial charge in [0.25, 0.3) is 0 Å². The summed E-state index contributed by atoms with van der Waals surface area (Å²) in [7, 11) is 0. The van der Waals surface area contributed by atoms with E-state index in [9.17, 15) is 61.0 Å². The number of aliphatic hydroxyl groups excluding tert-OH is 10. The first-order valence-corrected chi connectivity index (χ1v) is 24.3. The summed E-state index contributed by atoms with van der Waals surface area (Å²) in [4.78, 5) is 13.1. The molecular formula is C48H78O18. The van der Waals surface area contributed by atoms with Gasteiger partial charge in [0, 0.05) is 0 Å². The van der Waals surface area contributed by atoms with Gasteiger partial charge in [0.1, 0.15) is 67.1 Å². The van der Waals surface area contributed by atoms with E-state index in [2.05, 4.69) is 40.7 Å². The summed E-state index contributed by atoms with van der Waals surface area (Å²) in [6.45, 7) is 15.5. The molecule has 7 fully saturated rings. The van der Waals surface area contributed by atoms with Crippen LogP contribution in [0.4, 0.5) is 0 Å². The van der Waals surface area contributed by atoms with Crippen LogP contribution in [0.3, 0.4) is 0 Å². The molecule has 11 N–H and O–H groups in total. The first kappa shape index (κ1) is 50.9. The highest BCUT2D eigenvalue weighted by molar-refractivity contribution is 5.76. The molecule has 0 aromatic heterocycles. The Labute approximate surface area is 387 Å². The number of hydrogen-bond donors (Lipinski definition) is 11. The van der Waals surface area contributed by atoms with Crippen LogP contribution in [0, 0.1) is 50.2 Å². The Morgan fingerprint density at radius 2 is 1.26 bits per heavy atom. The highest BCUT2D eigenvalue weighted by atomic mass is 16.8. The molecule has 8 rings (SSSR count). The molecule has 3 aliphatic heterocycles. The van der Waals surface area contributed by atoms with E-state index in [1.54, 1.807) is 0 Å². The third kappa shape index (κ3) is 7.78. The van der Waals surface area contributed by atoms with Crippen LogP contribution in [0.5, 0.6) is 0 Å². The molecule has 0 spiro atoms. The molecule has 0 unspecified atom stereocenters. The van der Waals surface area contributed by atoms with Gasteiger partial charge in [0.15, 0.2) is 18.9 Å². The fourth-order valence-corrected chi connectivity index (χ4v) is 15.2. The third-order valence-corrected chi connectivity index (χ3v) is 19.3. The maximum Gasteiger partial charge on any atom is 0.310 e. The molecule has 18 nitrogen and oxygen atoms in total. The summed E-state index contributed by atoms with van der Waals surface area (Å²) in [6.07, 6.45) is -17.5. The van der Waals surface area contributed by atoms with E-state index in [0.717, 1.165) is 38.5 Å². The monoisotopic (exact) mass is 943 g/mol. The van der Waals surface area contributed by atoms with Crippen LogP contribution < -0.4 is 0 Å². The number of carboxylic acids is 1. The average Bonchev–Trinajstić information content (AvgIpc) is 3.24. The number of aliphatic carboxylic acids is 1. The van der Waals surface area contributed by atoms with Gasteiger partial charge in [-0.15, -0.1) is 0 Å². The van der Waals surface area contributed by atoms with Crippen LogP contribution in [0.15, 0.2) is 11.6 Å². The molecule has 8 aliphatic rings. The number of carboxylic acid groups (broad SMARTS) is 1. The molecule has 0 aromatic carbocycles. The molecule has 0 amide bonds. The van der Waals surface area contributed by atoms with Crippen molar-refractivity contribution in [1.82, 2.24) is 0 Å². The number of rotatable bonds is 9. The van der Waals surface area contributed by atoms with E-state index in [1.807, 2.05) is 13.8 Å². The Balaban J connectivity index is 1.03. The number of hydrogen-bond acceptors (Lipinski definition) is 17. The lowest BCUT2D eigenvalue weighted by Gasteiger charge is -2.71.